The Morgan fingerprint density at radius 3 is 2.94 bits per heavy atom. The first-order valence-electron chi connectivity index (χ1n) is 5.10. The van der Waals surface area contributed by atoms with Gasteiger partial charge in [0, 0.05) is 12.1 Å². The van der Waals surface area contributed by atoms with E-state index in [2.05, 4.69) is 10.1 Å². The van der Waals surface area contributed by atoms with Gasteiger partial charge in [-0.15, -0.1) is 0 Å². The van der Waals surface area contributed by atoms with Gasteiger partial charge in [-0.1, -0.05) is 5.16 Å². The number of hydrogen-bond acceptors (Lipinski definition) is 5. The van der Waals surface area contributed by atoms with Gasteiger partial charge in [0.1, 0.15) is 11.9 Å². The van der Waals surface area contributed by atoms with E-state index in [1.165, 1.54) is 6.07 Å². The third kappa shape index (κ3) is 2.32. The molecular weight excluding hydrogens is 225 g/mol. The summed E-state index contributed by atoms with van der Waals surface area (Å²) in [5.41, 5.74) is 6.39. The van der Waals surface area contributed by atoms with E-state index in [1.54, 1.807) is 19.1 Å². The topological polar surface area (TPSA) is 85.2 Å². The number of aliphatic hydroxyl groups is 1. The summed E-state index contributed by atoms with van der Waals surface area (Å²) in [6.07, 6.45) is -0.974. The van der Waals surface area contributed by atoms with Crippen LogP contribution in [0.25, 0.3) is 11.4 Å². The lowest BCUT2D eigenvalue weighted by Crippen LogP contribution is -2.11. The summed E-state index contributed by atoms with van der Waals surface area (Å²) in [4.78, 5) is 3.99. The minimum absolute atomic E-state index is 0.00405. The fourth-order valence-corrected chi connectivity index (χ4v) is 1.37. The quantitative estimate of drug-likeness (QED) is 0.837. The van der Waals surface area contributed by atoms with Crippen molar-refractivity contribution in [3.05, 3.63) is 35.5 Å². The van der Waals surface area contributed by atoms with Gasteiger partial charge < -0.3 is 15.4 Å². The van der Waals surface area contributed by atoms with Gasteiger partial charge >= 0.3 is 0 Å². The standard InChI is InChI=1S/C11H12FN3O2/c1-6-4-7(2-3-8(6)12)10-14-11(17-15-10)9(16)5-13/h2-4,9,16H,5,13H2,1H3. The molecule has 1 heterocycles. The van der Waals surface area contributed by atoms with Crippen LogP contribution < -0.4 is 5.73 Å². The SMILES string of the molecule is Cc1cc(-c2noc(C(O)CN)n2)ccc1F. The number of nitrogens with zero attached hydrogens (tertiary/aromatic N) is 2. The normalized spacial score (nSPS) is 12.7. The van der Waals surface area contributed by atoms with Gasteiger partial charge in [0.2, 0.25) is 5.82 Å². The summed E-state index contributed by atoms with van der Waals surface area (Å²) in [6.45, 7) is 1.65. The number of aryl methyl sites for hydroxylation is 1. The van der Waals surface area contributed by atoms with Crippen molar-refractivity contribution in [2.75, 3.05) is 6.54 Å². The summed E-state index contributed by atoms with van der Waals surface area (Å²) < 4.78 is 17.9. The van der Waals surface area contributed by atoms with E-state index in [-0.39, 0.29) is 18.3 Å². The van der Waals surface area contributed by atoms with Crippen LogP contribution in [0, 0.1) is 12.7 Å². The molecule has 1 aromatic heterocycles. The number of aliphatic hydroxyl groups excluding tert-OH is 1. The number of nitrogens with two attached hydrogens (primary N) is 1. The van der Waals surface area contributed by atoms with Crippen LogP contribution in [0.2, 0.25) is 0 Å². The van der Waals surface area contributed by atoms with Crippen LogP contribution in [-0.4, -0.2) is 21.8 Å². The monoisotopic (exact) mass is 237 g/mol. The first kappa shape index (κ1) is 11.7. The Morgan fingerprint density at radius 1 is 1.53 bits per heavy atom. The lowest BCUT2D eigenvalue weighted by atomic mass is 10.1. The number of benzene rings is 1. The molecule has 0 aliphatic heterocycles. The Hall–Kier alpha value is -1.79. The molecule has 5 nitrogen and oxygen atoms in total. The number of rotatable bonds is 3. The first-order chi connectivity index (χ1) is 8.11. The van der Waals surface area contributed by atoms with E-state index in [0.717, 1.165) is 0 Å². The molecule has 0 spiro atoms. The lowest BCUT2D eigenvalue weighted by Gasteiger charge is -1.99. The Balaban J connectivity index is 2.33. The van der Waals surface area contributed by atoms with Crippen LogP contribution in [0.5, 0.6) is 0 Å². The summed E-state index contributed by atoms with van der Waals surface area (Å²) in [6, 6.07) is 4.49. The Morgan fingerprint density at radius 2 is 2.29 bits per heavy atom. The van der Waals surface area contributed by atoms with E-state index in [0.29, 0.717) is 17.0 Å². The summed E-state index contributed by atoms with van der Waals surface area (Å²) in [5.74, 6) is 0.0690. The molecule has 1 unspecified atom stereocenters. The van der Waals surface area contributed by atoms with Crippen molar-refractivity contribution in [3.63, 3.8) is 0 Å². The highest BCUT2D eigenvalue weighted by atomic mass is 19.1. The molecule has 0 saturated heterocycles. The van der Waals surface area contributed by atoms with Gasteiger partial charge in [-0.05, 0) is 30.7 Å². The average molecular weight is 237 g/mol. The molecule has 0 amide bonds. The van der Waals surface area contributed by atoms with Gasteiger partial charge in [0.05, 0.1) is 0 Å². The zero-order valence-corrected chi connectivity index (χ0v) is 9.22. The van der Waals surface area contributed by atoms with Gasteiger partial charge in [0.25, 0.3) is 5.89 Å². The van der Waals surface area contributed by atoms with Gasteiger partial charge in [0.15, 0.2) is 0 Å². The molecule has 0 bridgehead atoms. The maximum absolute atomic E-state index is 13.1. The average Bonchev–Trinajstić information content (AvgIpc) is 2.81. The van der Waals surface area contributed by atoms with E-state index < -0.39 is 6.10 Å². The predicted molar refractivity (Wildman–Crippen MR) is 58.4 cm³/mol. The first-order valence-corrected chi connectivity index (χ1v) is 5.10. The predicted octanol–water partition coefficient (Wildman–Crippen LogP) is 1.18. The second kappa shape index (κ2) is 4.60. The van der Waals surface area contributed by atoms with Crippen molar-refractivity contribution in [3.8, 4) is 11.4 Å². The number of aromatic nitrogens is 2. The molecule has 0 aliphatic rings. The molecule has 1 atom stereocenters. The Bertz CT molecular complexity index is 527. The maximum atomic E-state index is 13.1. The van der Waals surface area contributed by atoms with Crippen LogP contribution in [0.3, 0.4) is 0 Å². The van der Waals surface area contributed by atoms with Crippen LogP contribution in [0.15, 0.2) is 22.7 Å². The molecule has 17 heavy (non-hydrogen) atoms. The molecule has 90 valence electrons. The molecule has 3 N–H and O–H groups in total. The van der Waals surface area contributed by atoms with Gasteiger partial charge in [-0.2, -0.15) is 4.98 Å². The van der Waals surface area contributed by atoms with Crippen molar-refractivity contribution < 1.29 is 14.0 Å². The van der Waals surface area contributed by atoms with E-state index in [1.807, 2.05) is 0 Å². The van der Waals surface area contributed by atoms with E-state index in [9.17, 15) is 9.50 Å². The molecule has 0 fully saturated rings. The van der Waals surface area contributed by atoms with Crippen molar-refractivity contribution >= 4 is 0 Å². The maximum Gasteiger partial charge on any atom is 0.257 e. The second-order valence-electron chi connectivity index (χ2n) is 3.67. The third-order valence-electron chi connectivity index (χ3n) is 2.37. The molecule has 0 radical (unpaired) electrons. The van der Waals surface area contributed by atoms with Crippen LogP contribution in [0.4, 0.5) is 4.39 Å². The largest absolute Gasteiger partial charge is 0.382 e. The molecule has 0 saturated carbocycles. The molecule has 6 heteroatoms. The van der Waals surface area contributed by atoms with Gasteiger partial charge in [-0.3, -0.25) is 0 Å². The Kier molecular flexibility index (Phi) is 3.16. The van der Waals surface area contributed by atoms with Crippen molar-refractivity contribution in [1.29, 1.82) is 0 Å². The summed E-state index contributed by atoms with van der Waals surface area (Å²) in [7, 11) is 0. The van der Waals surface area contributed by atoms with Crippen LogP contribution >= 0.6 is 0 Å². The van der Waals surface area contributed by atoms with Crippen LogP contribution in [-0.2, 0) is 0 Å². The van der Waals surface area contributed by atoms with Gasteiger partial charge in [-0.25, -0.2) is 4.39 Å². The Labute approximate surface area is 97.1 Å². The van der Waals surface area contributed by atoms with Crippen molar-refractivity contribution in [1.82, 2.24) is 10.1 Å². The number of hydrogen-bond donors (Lipinski definition) is 2. The molecular formula is C11H12FN3O2. The fourth-order valence-electron chi connectivity index (χ4n) is 1.37. The van der Waals surface area contributed by atoms with Crippen molar-refractivity contribution in [2.24, 2.45) is 5.73 Å². The number of halogens is 1. The minimum atomic E-state index is -0.974. The van der Waals surface area contributed by atoms with E-state index >= 15 is 0 Å². The van der Waals surface area contributed by atoms with Crippen molar-refractivity contribution in [2.45, 2.75) is 13.0 Å². The molecule has 2 aromatic rings. The fraction of sp³-hybridized carbons (Fsp3) is 0.273. The molecule has 0 aliphatic carbocycles. The highest BCUT2D eigenvalue weighted by Crippen LogP contribution is 2.20. The van der Waals surface area contributed by atoms with E-state index in [4.69, 9.17) is 10.3 Å². The zero-order valence-electron chi connectivity index (χ0n) is 9.22. The van der Waals surface area contributed by atoms with Crippen LogP contribution in [0.1, 0.15) is 17.6 Å². The smallest absolute Gasteiger partial charge is 0.257 e. The zero-order chi connectivity index (χ0) is 12.4. The second-order valence-corrected chi connectivity index (χ2v) is 3.67. The lowest BCUT2D eigenvalue weighted by molar-refractivity contribution is 0.141. The summed E-state index contributed by atoms with van der Waals surface area (Å²) >= 11 is 0. The molecule has 1 aromatic carbocycles. The highest BCUT2D eigenvalue weighted by Gasteiger charge is 2.15. The highest BCUT2D eigenvalue weighted by molar-refractivity contribution is 5.55. The summed E-state index contributed by atoms with van der Waals surface area (Å²) in [5, 5.41) is 13.1. The minimum Gasteiger partial charge on any atom is -0.382 e. The molecule has 2 rings (SSSR count). The third-order valence-corrected chi connectivity index (χ3v) is 2.37.